The summed E-state index contributed by atoms with van der Waals surface area (Å²) in [7, 11) is 1.30. The molecule has 5 heteroatoms. The first-order chi connectivity index (χ1) is 6.61. The zero-order valence-electron chi connectivity index (χ0n) is 7.31. The molecule has 1 aromatic carbocycles. The van der Waals surface area contributed by atoms with Gasteiger partial charge in [0.1, 0.15) is 0 Å². The number of ether oxygens (including phenoxy) is 1. The maximum absolute atomic E-state index is 11.4. The number of carbonyl (C=O) groups is 1. The van der Waals surface area contributed by atoms with E-state index < -0.39 is 5.97 Å². The fourth-order valence-corrected chi connectivity index (χ4v) is 2.27. The third kappa shape index (κ3) is 2.22. The quantitative estimate of drug-likeness (QED) is 0.615. The van der Waals surface area contributed by atoms with Crippen molar-refractivity contribution in [3.05, 3.63) is 33.3 Å². The molecule has 14 heavy (non-hydrogen) atoms. The number of carbonyl (C=O) groups excluding carboxylic acids is 1. The van der Waals surface area contributed by atoms with E-state index in [4.69, 9.17) is 23.2 Å². The summed E-state index contributed by atoms with van der Waals surface area (Å²) < 4.78 is 4.61. The van der Waals surface area contributed by atoms with Crippen LogP contribution in [0.5, 0.6) is 0 Å². The summed E-state index contributed by atoms with van der Waals surface area (Å²) in [6.07, 6.45) is 0. The fourth-order valence-electron chi connectivity index (χ4n) is 1.05. The minimum absolute atomic E-state index is 0.318. The maximum Gasteiger partial charge on any atom is 0.339 e. The van der Waals surface area contributed by atoms with Gasteiger partial charge in [-0.05, 0) is 17.7 Å². The summed E-state index contributed by atoms with van der Waals surface area (Å²) in [5, 5.41) is 1.29. The first-order valence-corrected chi connectivity index (χ1v) is 5.60. The van der Waals surface area contributed by atoms with E-state index >= 15 is 0 Å². The van der Waals surface area contributed by atoms with E-state index in [2.05, 4.69) is 20.7 Å². The molecule has 0 N–H and O–H groups in total. The highest BCUT2D eigenvalue weighted by atomic mass is 79.9. The Morgan fingerprint density at radius 2 is 2.00 bits per heavy atom. The minimum atomic E-state index is -0.480. The van der Waals surface area contributed by atoms with Crippen LogP contribution >= 0.6 is 39.1 Å². The van der Waals surface area contributed by atoms with E-state index in [-0.39, 0.29) is 0 Å². The lowest BCUT2D eigenvalue weighted by Crippen LogP contribution is -2.06. The zero-order valence-corrected chi connectivity index (χ0v) is 10.4. The number of methoxy groups -OCH3 is 1. The van der Waals surface area contributed by atoms with Crippen LogP contribution in [0.25, 0.3) is 0 Å². The van der Waals surface area contributed by atoms with Gasteiger partial charge in [-0.2, -0.15) is 0 Å². The van der Waals surface area contributed by atoms with Crippen molar-refractivity contribution >= 4 is 45.1 Å². The Morgan fingerprint density at radius 1 is 1.43 bits per heavy atom. The fraction of sp³-hybridized carbons (Fsp3) is 0.222. The van der Waals surface area contributed by atoms with Gasteiger partial charge >= 0.3 is 5.97 Å². The normalized spacial score (nSPS) is 10.0. The van der Waals surface area contributed by atoms with E-state index in [1.54, 1.807) is 12.1 Å². The molecule has 0 aromatic heterocycles. The van der Waals surface area contributed by atoms with Crippen molar-refractivity contribution in [3.8, 4) is 0 Å². The molecular formula is C9H7BrCl2O2. The van der Waals surface area contributed by atoms with Crippen molar-refractivity contribution in [2.45, 2.75) is 5.33 Å². The lowest BCUT2D eigenvalue weighted by Gasteiger charge is -2.08. The summed E-state index contributed by atoms with van der Waals surface area (Å²) in [5.41, 5.74) is 0.963. The van der Waals surface area contributed by atoms with Gasteiger partial charge in [-0.15, -0.1) is 0 Å². The van der Waals surface area contributed by atoms with Gasteiger partial charge in [0.2, 0.25) is 0 Å². The van der Waals surface area contributed by atoms with Gasteiger partial charge in [0.25, 0.3) is 0 Å². The second kappa shape index (κ2) is 5.01. The van der Waals surface area contributed by atoms with Crippen LogP contribution in [0.15, 0.2) is 12.1 Å². The van der Waals surface area contributed by atoms with E-state index in [9.17, 15) is 4.79 Å². The van der Waals surface area contributed by atoms with Gasteiger partial charge in [0.15, 0.2) is 0 Å². The maximum atomic E-state index is 11.4. The molecule has 0 atom stereocenters. The summed E-state index contributed by atoms with van der Waals surface area (Å²) in [4.78, 5) is 11.4. The van der Waals surface area contributed by atoms with Crippen LogP contribution < -0.4 is 0 Å². The molecule has 76 valence electrons. The Bertz CT molecular complexity index is 366. The average molecular weight is 298 g/mol. The minimum Gasteiger partial charge on any atom is -0.465 e. The van der Waals surface area contributed by atoms with E-state index in [0.717, 1.165) is 0 Å². The number of halogens is 3. The van der Waals surface area contributed by atoms with Crippen molar-refractivity contribution in [2.24, 2.45) is 0 Å². The standard InChI is InChI=1S/C9H7BrCl2O2/c1-14-9(13)8-5(4-10)6(11)2-3-7(8)12/h2-3H,4H2,1H3. The first kappa shape index (κ1) is 11.8. The van der Waals surface area contributed by atoms with Crippen LogP contribution in [0.1, 0.15) is 15.9 Å². The highest BCUT2D eigenvalue weighted by Gasteiger charge is 2.17. The second-order valence-electron chi connectivity index (χ2n) is 2.51. The largest absolute Gasteiger partial charge is 0.465 e. The number of esters is 1. The van der Waals surface area contributed by atoms with Gasteiger partial charge in [-0.3, -0.25) is 0 Å². The van der Waals surface area contributed by atoms with Crippen LogP contribution in [0.3, 0.4) is 0 Å². The molecule has 2 nitrogen and oxygen atoms in total. The van der Waals surface area contributed by atoms with Crippen LogP contribution in [0.4, 0.5) is 0 Å². The number of hydrogen-bond acceptors (Lipinski definition) is 2. The highest BCUT2D eigenvalue weighted by molar-refractivity contribution is 9.08. The SMILES string of the molecule is COC(=O)c1c(Cl)ccc(Cl)c1CBr. The number of benzene rings is 1. The monoisotopic (exact) mass is 296 g/mol. The number of rotatable bonds is 2. The molecule has 0 spiro atoms. The molecule has 1 aromatic rings. The number of hydrogen-bond donors (Lipinski definition) is 0. The third-order valence-electron chi connectivity index (χ3n) is 1.73. The van der Waals surface area contributed by atoms with Crippen molar-refractivity contribution in [1.29, 1.82) is 0 Å². The van der Waals surface area contributed by atoms with Crippen LogP contribution in [0.2, 0.25) is 10.0 Å². The third-order valence-corrected chi connectivity index (χ3v) is 2.96. The molecule has 0 bridgehead atoms. The molecule has 0 amide bonds. The van der Waals surface area contributed by atoms with Crippen molar-refractivity contribution in [2.75, 3.05) is 7.11 Å². The van der Waals surface area contributed by atoms with Gasteiger partial charge in [-0.25, -0.2) is 4.79 Å². The van der Waals surface area contributed by atoms with Crippen LogP contribution in [-0.4, -0.2) is 13.1 Å². The molecule has 0 saturated carbocycles. The Balaban J connectivity index is 3.37. The zero-order chi connectivity index (χ0) is 10.7. The molecule has 0 aliphatic rings. The smallest absolute Gasteiger partial charge is 0.339 e. The molecule has 0 fully saturated rings. The highest BCUT2D eigenvalue weighted by Crippen LogP contribution is 2.29. The Kier molecular flexibility index (Phi) is 4.23. The molecule has 0 unspecified atom stereocenters. The van der Waals surface area contributed by atoms with Crippen molar-refractivity contribution < 1.29 is 9.53 Å². The molecule has 0 saturated heterocycles. The Morgan fingerprint density at radius 3 is 2.50 bits per heavy atom. The Labute approximate surface area is 100 Å². The predicted molar refractivity (Wildman–Crippen MR) is 60.4 cm³/mol. The average Bonchev–Trinajstić information content (AvgIpc) is 2.19. The summed E-state index contributed by atoms with van der Waals surface area (Å²) >= 11 is 15.0. The lowest BCUT2D eigenvalue weighted by molar-refractivity contribution is 0.0600. The molecular weight excluding hydrogens is 291 g/mol. The van der Waals surface area contributed by atoms with Gasteiger partial charge in [-0.1, -0.05) is 39.1 Å². The Hall–Kier alpha value is -0.250. The molecule has 0 heterocycles. The summed E-state index contributed by atoms with van der Waals surface area (Å²) in [6, 6.07) is 3.22. The molecule has 1 rings (SSSR count). The molecule has 0 aliphatic heterocycles. The lowest BCUT2D eigenvalue weighted by atomic mass is 10.1. The topological polar surface area (TPSA) is 26.3 Å². The van der Waals surface area contributed by atoms with Crippen LogP contribution in [-0.2, 0) is 10.1 Å². The second-order valence-corrected chi connectivity index (χ2v) is 3.88. The molecule has 0 radical (unpaired) electrons. The first-order valence-electron chi connectivity index (χ1n) is 3.73. The van der Waals surface area contributed by atoms with Gasteiger partial charge in [0.05, 0.1) is 17.7 Å². The summed E-state index contributed by atoms with van der Waals surface area (Å²) in [6.45, 7) is 0. The number of alkyl halides is 1. The van der Waals surface area contributed by atoms with Crippen molar-refractivity contribution in [1.82, 2.24) is 0 Å². The van der Waals surface area contributed by atoms with E-state index in [1.807, 2.05) is 0 Å². The summed E-state index contributed by atoms with van der Waals surface area (Å²) in [5.74, 6) is -0.480. The van der Waals surface area contributed by atoms with Gasteiger partial charge < -0.3 is 4.74 Å². The van der Waals surface area contributed by atoms with E-state index in [1.165, 1.54) is 7.11 Å². The molecule has 0 aliphatic carbocycles. The van der Waals surface area contributed by atoms with E-state index in [0.29, 0.717) is 26.5 Å². The predicted octanol–water partition coefficient (Wildman–Crippen LogP) is 3.67. The van der Waals surface area contributed by atoms with Gasteiger partial charge in [0, 0.05) is 10.4 Å². The van der Waals surface area contributed by atoms with Crippen LogP contribution in [0, 0.1) is 0 Å². The van der Waals surface area contributed by atoms with Crippen molar-refractivity contribution in [3.63, 3.8) is 0 Å².